The van der Waals surface area contributed by atoms with E-state index >= 15 is 0 Å². The lowest BCUT2D eigenvalue weighted by Crippen LogP contribution is -2.42. The minimum Gasteiger partial charge on any atom is -0.462 e. The number of hydrogen-bond acceptors (Lipinski definition) is 4. The summed E-state index contributed by atoms with van der Waals surface area (Å²) < 4.78 is 5.52. The maximum atomic E-state index is 11.9. The molecule has 2 saturated heterocycles. The topological polar surface area (TPSA) is 57.2 Å². The zero-order valence-electron chi connectivity index (χ0n) is 16.8. The van der Waals surface area contributed by atoms with Gasteiger partial charge >= 0.3 is 5.97 Å². The van der Waals surface area contributed by atoms with E-state index in [1.165, 1.54) is 45.2 Å². The fourth-order valence-electron chi connectivity index (χ4n) is 4.42. The fraction of sp³-hybridized carbons (Fsp3) is 0.900. The maximum absolute atomic E-state index is 11.9. The van der Waals surface area contributed by atoms with Gasteiger partial charge in [0.05, 0.1) is 0 Å². The second-order valence-corrected chi connectivity index (χ2v) is 7.87. The van der Waals surface area contributed by atoms with E-state index in [1.54, 1.807) is 0 Å². The molecule has 1 N–H and O–H groups in total. The summed E-state index contributed by atoms with van der Waals surface area (Å²) in [7, 11) is 0. The monoisotopic (exact) mass is 492 g/mol. The Bertz CT molecular complexity index is 477. The first-order chi connectivity index (χ1) is 12.8. The molecule has 2 heterocycles. The molecule has 7 heteroatoms. The van der Waals surface area contributed by atoms with Gasteiger partial charge in [-0.1, -0.05) is 0 Å². The average molecular weight is 492 g/mol. The number of rotatable bonds is 7. The van der Waals surface area contributed by atoms with Crippen molar-refractivity contribution in [2.75, 3.05) is 39.3 Å². The molecule has 27 heavy (non-hydrogen) atoms. The highest BCUT2D eigenvalue weighted by Crippen LogP contribution is 2.22. The Hall–Kier alpha value is -0.570. The van der Waals surface area contributed by atoms with E-state index < -0.39 is 0 Å². The predicted molar refractivity (Wildman–Crippen MR) is 120 cm³/mol. The molecule has 0 aromatic carbocycles. The lowest BCUT2D eigenvalue weighted by molar-refractivity contribution is -0.148. The lowest BCUT2D eigenvalue weighted by atomic mass is 10.2. The molecule has 156 valence electrons. The normalized spacial score (nSPS) is 24.3. The number of carbonyl (C=O) groups is 1. The van der Waals surface area contributed by atoms with Crippen molar-refractivity contribution in [2.24, 2.45) is 4.99 Å². The van der Waals surface area contributed by atoms with Crippen LogP contribution in [0.15, 0.2) is 4.99 Å². The molecule has 6 nitrogen and oxygen atoms in total. The number of ether oxygens (including phenoxy) is 1. The molecule has 1 unspecified atom stereocenters. The zero-order valence-corrected chi connectivity index (χ0v) is 19.2. The van der Waals surface area contributed by atoms with Crippen molar-refractivity contribution >= 4 is 35.9 Å². The Morgan fingerprint density at radius 3 is 2.56 bits per heavy atom. The second-order valence-electron chi connectivity index (χ2n) is 7.87. The Balaban J connectivity index is 0.00000261. The number of halogens is 1. The zero-order chi connectivity index (χ0) is 18.2. The summed E-state index contributed by atoms with van der Waals surface area (Å²) in [5.74, 6) is 0.964. The minimum atomic E-state index is -0.0487. The minimum absolute atomic E-state index is 0. The number of guanidine groups is 1. The summed E-state index contributed by atoms with van der Waals surface area (Å²) in [6.07, 6.45) is 9.84. The van der Waals surface area contributed by atoms with Crippen molar-refractivity contribution in [3.05, 3.63) is 0 Å². The summed E-state index contributed by atoms with van der Waals surface area (Å²) in [4.78, 5) is 21.7. The van der Waals surface area contributed by atoms with E-state index in [4.69, 9.17) is 9.73 Å². The highest BCUT2D eigenvalue weighted by atomic mass is 127. The van der Waals surface area contributed by atoms with Crippen LogP contribution in [-0.4, -0.2) is 73.1 Å². The van der Waals surface area contributed by atoms with Crippen molar-refractivity contribution in [3.8, 4) is 0 Å². The Labute approximate surface area is 181 Å². The Morgan fingerprint density at radius 2 is 1.85 bits per heavy atom. The van der Waals surface area contributed by atoms with Crippen LogP contribution in [0.1, 0.15) is 64.7 Å². The maximum Gasteiger partial charge on any atom is 0.306 e. The molecule has 3 aliphatic rings. The molecule has 0 aromatic rings. The Morgan fingerprint density at radius 1 is 1.11 bits per heavy atom. The summed E-state index contributed by atoms with van der Waals surface area (Å²) in [6, 6.07) is 0.683. The van der Waals surface area contributed by atoms with Crippen molar-refractivity contribution < 1.29 is 9.53 Å². The van der Waals surface area contributed by atoms with E-state index in [9.17, 15) is 4.79 Å². The first-order valence-corrected chi connectivity index (χ1v) is 10.7. The molecule has 1 aliphatic carbocycles. The van der Waals surface area contributed by atoms with Gasteiger partial charge in [0, 0.05) is 38.6 Å². The number of hydrogen-bond donors (Lipinski definition) is 1. The molecule has 1 atom stereocenters. The van der Waals surface area contributed by atoms with Gasteiger partial charge in [-0.15, -0.1) is 24.0 Å². The molecule has 1 saturated carbocycles. The van der Waals surface area contributed by atoms with E-state index in [2.05, 4.69) is 22.0 Å². The summed E-state index contributed by atoms with van der Waals surface area (Å²) in [6.45, 7) is 8.36. The Kier molecular flexibility index (Phi) is 10.2. The molecule has 0 radical (unpaired) electrons. The lowest BCUT2D eigenvalue weighted by Gasteiger charge is -2.25. The third kappa shape index (κ3) is 7.07. The van der Waals surface area contributed by atoms with Gasteiger partial charge in [0.15, 0.2) is 5.96 Å². The quantitative estimate of drug-likeness (QED) is 0.195. The number of aliphatic imine (C=N–C) groups is 1. The third-order valence-corrected chi connectivity index (χ3v) is 5.86. The number of esters is 1. The van der Waals surface area contributed by atoms with Crippen molar-refractivity contribution in [3.63, 3.8) is 0 Å². The molecule has 3 rings (SSSR count). The van der Waals surface area contributed by atoms with Gasteiger partial charge in [-0.2, -0.15) is 0 Å². The van der Waals surface area contributed by atoms with Crippen LogP contribution < -0.4 is 5.32 Å². The van der Waals surface area contributed by atoms with Crippen LogP contribution >= 0.6 is 24.0 Å². The van der Waals surface area contributed by atoms with E-state index in [-0.39, 0.29) is 36.0 Å². The first-order valence-electron chi connectivity index (χ1n) is 10.7. The van der Waals surface area contributed by atoms with Crippen molar-refractivity contribution in [1.29, 1.82) is 0 Å². The number of nitrogens with one attached hydrogen (secondary N) is 1. The van der Waals surface area contributed by atoms with E-state index in [0.29, 0.717) is 19.0 Å². The summed E-state index contributed by atoms with van der Waals surface area (Å²) >= 11 is 0. The van der Waals surface area contributed by atoms with Crippen molar-refractivity contribution in [2.45, 2.75) is 76.9 Å². The number of nitrogens with zero attached hydrogens (tertiary/aromatic N) is 3. The van der Waals surface area contributed by atoms with Gasteiger partial charge in [-0.25, -0.2) is 0 Å². The van der Waals surface area contributed by atoms with Crippen LogP contribution in [0.5, 0.6) is 0 Å². The molecule has 0 aromatic heterocycles. The van der Waals surface area contributed by atoms with Crippen LogP contribution in [0.2, 0.25) is 0 Å². The molecule has 0 spiro atoms. The van der Waals surface area contributed by atoms with Crippen LogP contribution in [0, 0.1) is 0 Å². The van der Waals surface area contributed by atoms with Crippen LogP contribution in [0.3, 0.4) is 0 Å². The first kappa shape index (κ1) is 22.7. The molecule has 0 amide bonds. The SMILES string of the molecule is CCNC(=NCCCC(=O)OC1CCCC1)N1CCC(N2CCCC2)C1.I. The second kappa shape index (κ2) is 12.1. The molecule has 0 bridgehead atoms. The molecular formula is C20H37IN4O2. The van der Waals surface area contributed by atoms with Gasteiger partial charge in [0.25, 0.3) is 0 Å². The highest BCUT2D eigenvalue weighted by Gasteiger charge is 2.30. The molecular weight excluding hydrogens is 455 g/mol. The highest BCUT2D eigenvalue weighted by molar-refractivity contribution is 14.0. The van der Waals surface area contributed by atoms with Crippen molar-refractivity contribution in [1.82, 2.24) is 15.1 Å². The summed E-state index contributed by atoms with van der Waals surface area (Å²) in [5.41, 5.74) is 0. The van der Waals surface area contributed by atoms with E-state index in [1.807, 2.05) is 0 Å². The van der Waals surface area contributed by atoms with Gasteiger partial charge in [0.1, 0.15) is 6.10 Å². The van der Waals surface area contributed by atoms with Gasteiger partial charge in [0.2, 0.25) is 0 Å². The average Bonchev–Trinajstić information content (AvgIpc) is 3.39. The third-order valence-electron chi connectivity index (χ3n) is 5.86. The smallest absolute Gasteiger partial charge is 0.306 e. The summed E-state index contributed by atoms with van der Waals surface area (Å²) in [5, 5.41) is 3.42. The standard InChI is InChI=1S/C20H36N4O2.HI/c1-2-21-20(24-15-11-17(16-24)23-13-5-6-14-23)22-12-7-10-19(25)26-18-8-3-4-9-18;/h17-18H,2-16H2,1H3,(H,21,22);1H. The van der Waals surface area contributed by atoms with E-state index in [0.717, 1.165) is 44.9 Å². The predicted octanol–water partition coefficient (Wildman–Crippen LogP) is 3.01. The van der Waals surface area contributed by atoms with Gasteiger partial charge < -0.3 is 15.0 Å². The van der Waals surface area contributed by atoms with Gasteiger partial charge in [-0.05, 0) is 71.4 Å². The van der Waals surface area contributed by atoms with Crippen LogP contribution in [0.4, 0.5) is 0 Å². The number of carbonyl (C=O) groups excluding carboxylic acids is 1. The van der Waals surface area contributed by atoms with Crippen LogP contribution in [0.25, 0.3) is 0 Å². The largest absolute Gasteiger partial charge is 0.462 e. The van der Waals surface area contributed by atoms with Gasteiger partial charge in [-0.3, -0.25) is 14.7 Å². The van der Waals surface area contributed by atoms with Crippen LogP contribution in [-0.2, 0) is 9.53 Å². The molecule has 2 aliphatic heterocycles. The number of likely N-dealkylation sites (tertiary alicyclic amines) is 2. The fourth-order valence-corrected chi connectivity index (χ4v) is 4.42. The molecule has 3 fully saturated rings.